The molecule has 0 spiro atoms. The minimum Gasteiger partial charge on any atom is -0.340 e. The van der Waals surface area contributed by atoms with E-state index in [1.54, 1.807) is 11.1 Å². The second-order valence-corrected chi connectivity index (χ2v) is 5.49. The highest BCUT2D eigenvalue weighted by atomic mass is 16.2. The van der Waals surface area contributed by atoms with E-state index in [4.69, 9.17) is 0 Å². The van der Waals surface area contributed by atoms with Crippen LogP contribution in [0.4, 0.5) is 0 Å². The summed E-state index contributed by atoms with van der Waals surface area (Å²) in [4.78, 5) is 16.6. The number of amides is 1. The molecule has 1 aliphatic heterocycles. The van der Waals surface area contributed by atoms with Crippen molar-refractivity contribution in [2.45, 2.75) is 0 Å². The monoisotopic (exact) mass is 287 g/mol. The van der Waals surface area contributed by atoms with E-state index in [1.807, 2.05) is 25.2 Å². The van der Waals surface area contributed by atoms with E-state index in [1.165, 1.54) is 0 Å². The van der Waals surface area contributed by atoms with Crippen LogP contribution in [0.5, 0.6) is 0 Å². The molecular weight excluding hydrogens is 266 g/mol. The van der Waals surface area contributed by atoms with Gasteiger partial charge in [0.15, 0.2) is 0 Å². The van der Waals surface area contributed by atoms with Crippen LogP contribution in [0.1, 0.15) is 10.4 Å². The van der Waals surface area contributed by atoms with Crippen molar-refractivity contribution < 1.29 is 4.79 Å². The summed E-state index contributed by atoms with van der Waals surface area (Å²) in [5.74, 6) is 0.0571. The van der Waals surface area contributed by atoms with Gasteiger partial charge in [0.2, 0.25) is 0 Å². The number of H-pyrrole nitrogens is 1. The van der Waals surface area contributed by atoms with Crippen molar-refractivity contribution in [1.29, 1.82) is 0 Å². The van der Waals surface area contributed by atoms with Gasteiger partial charge in [-0.25, -0.2) is 0 Å². The minimum atomic E-state index is 0.0571. The Hall–Kier alpha value is -1.92. The first-order chi connectivity index (χ1) is 10.2. The molecule has 0 radical (unpaired) electrons. The number of carbonyl (C=O) groups is 1. The highest BCUT2D eigenvalue weighted by Gasteiger charge is 2.15. The molecule has 6 heteroatoms. The molecule has 2 aromatic rings. The molecule has 2 N–H and O–H groups in total. The number of hydrogen-bond acceptors (Lipinski definition) is 4. The SMILES string of the molecule is CN(CCN1CCNCC1)C(=O)c1ccc2cn[nH]c2c1. The summed E-state index contributed by atoms with van der Waals surface area (Å²) in [6.45, 7) is 5.86. The Morgan fingerprint density at radius 3 is 3.00 bits per heavy atom. The fourth-order valence-electron chi connectivity index (χ4n) is 2.62. The molecule has 0 atom stereocenters. The predicted octanol–water partition coefficient (Wildman–Crippen LogP) is 0.540. The molecule has 0 bridgehead atoms. The standard InChI is InChI=1S/C15H21N5O/c1-19(8-9-20-6-4-16-5-7-20)15(21)12-2-3-13-11-17-18-14(13)10-12/h2-3,10-11,16H,4-9H2,1H3,(H,17,18). The van der Waals surface area contributed by atoms with E-state index in [2.05, 4.69) is 20.4 Å². The first-order valence-corrected chi connectivity index (χ1v) is 7.36. The largest absolute Gasteiger partial charge is 0.340 e. The third kappa shape index (κ3) is 3.22. The molecule has 3 rings (SSSR count). The van der Waals surface area contributed by atoms with Crippen molar-refractivity contribution in [3.05, 3.63) is 30.0 Å². The Morgan fingerprint density at radius 1 is 1.38 bits per heavy atom. The van der Waals surface area contributed by atoms with Gasteiger partial charge in [-0.1, -0.05) is 6.07 Å². The summed E-state index contributed by atoms with van der Waals surface area (Å²) in [5, 5.41) is 11.2. The van der Waals surface area contributed by atoms with E-state index in [9.17, 15) is 4.79 Å². The number of fused-ring (bicyclic) bond motifs is 1. The third-order valence-electron chi connectivity index (χ3n) is 4.00. The topological polar surface area (TPSA) is 64.3 Å². The van der Waals surface area contributed by atoms with Gasteiger partial charge in [0.1, 0.15) is 0 Å². The van der Waals surface area contributed by atoms with Crippen LogP contribution < -0.4 is 5.32 Å². The van der Waals surface area contributed by atoms with E-state index in [0.717, 1.165) is 50.2 Å². The number of nitrogens with zero attached hydrogens (tertiary/aromatic N) is 3. The molecule has 1 aromatic heterocycles. The van der Waals surface area contributed by atoms with Crippen LogP contribution in [0.25, 0.3) is 10.9 Å². The Morgan fingerprint density at radius 2 is 2.19 bits per heavy atom. The zero-order chi connectivity index (χ0) is 14.7. The summed E-state index contributed by atoms with van der Waals surface area (Å²) in [6, 6.07) is 5.66. The lowest BCUT2D eigenvalue weighted by Gasteiger charge is -2.29. The normalized spacial score (nSPS) is 16.2. The van der Waals surface area contributed by atoms with Crippen LogP contribution in [0, 0.1) is 0 Å². The molecule has 2 heterocycles. The van der Waals surface area contributed by atoms with Gasteiger partial charge in [0.25, 0.3) is 5.91 Å². The van der Waals surface area contributed by atoms with Crippen molar-refractivity contribution in [2.24, 2.45) is 0 Å². The molecule has 1 saturated heterocycles. The maximum Gasteiger partial charge on any atom is 0.253 e. The number of aromatic amines is 1. The summed E-state index contributed by atoms with van der Waals surface area (Å²) in [7, 11) is 1.86. The quantitative estimate of drug-likeness (QED) is 0.861. The van der Waals surface area contributed by atoms with Crippen molar-refractivity contribution in [1.82, 2.24) is 25.3 Å². The molecule has 6 nitrogen and oxygen atoms in total. The molecule has 21 heavy (non-hydrogen) atoms. The van der Waals surface area contributed by atoms with Crippen LogP contribution in [0.15, 0.2) is 24.4 Å². The summed E-state index contributed by atoms with van der Waals surface area (Å²) < 4.78 is 0. The van der Waals surface area contributed by atoms with Crippen LogP contribution in [0.3, 0.4) is 0 Å². The van der Waals surface area contributed by atoms with Gasteiger partial charge in [-0.15, -0.1) is 0 Å². The van der Waals surface area contributed by atoms with E-state index in [-0.39, 0.29) is 5.91 Å². The molecule has 0 saturated carbocycles. The molecule has 1 aromatic carbocycles. The van der Waals surface area contributed by atoms with E-state index in [0.29, 0.717) is 5.56 Å². The zero-order valence-corrected chi connectivity index (χ0v) is 12.3. The smallest absolute Gasteiger partial charge is 0.253 e. The number of aromatic nitrogens is 2. The van der Waals surface area contributed by atoms with Gasteiger partial charge >= 0.3 is 0 Å². The Kier molecular flexibility index (Phi) is 4.17. The number of carbonyl (C=O) groups excluding carboxylic acids is 1. The van der Waals surface area contributed by atoms with Gasteiger partial charge in [0.05, 0.1) is 11.7 Å². The minimum absolute atomic E-state index is 0.0571. The molecule has 0 aliphatic carbocycles. The molecule has 1 aliphatic rings. The van der Waals surface area contributed by atoms with Crippen molar-refractivity contribution >= 4 is 16.8 Å². The Balaban J connectivity index is 1.60. The van der Waals surface area contributed by atoms with Crippen LogP contribution >= 0.6 is 0 Å². The number of piperazine rings is 1. The van der Waals surface area contributed by atoms with Crippen molar-refractivity contribution in [3.8, 4) is 0 Å². The fourth-order valence-corrected chi connectivity index (χ4v) is 2.62. The van der Waals surface area contributed by atoms with Gasteiger partial charge in [-0.2, -0.15) is 5.10 Å². The Labute approximate surface area is 124 Å². The molecule has 1 fully saturated rings. The number of rotatable bonds is 4. The first-order valence-electron chi connectivity index (χ1n) is 7.36. The van der Waals surface area contributed by atoms with Crippen LogP contribution in [-0.2, 0) is 0 Å². The summed E-state index contributed by atoms with van der Waals surface area (Å²) in [5.41, 5.74) is 1.60. The van der Waals surface area contributed by atoms with Gasteiger partial charge < -0.3 is 10.2 Å². The number of benzene rings is 1. The summed E-state index contributed by atoms with van der Waals surface area (Å²) >= 11 is 0. The highest BCUT2D eigenvalue weighted by molar-refractivity contribution is 5.97. The van der Waals surface area contributed by atoms with E-state index >= 15 is 0 Å². The molecule has 0 unspecified atom stereocenters. The van der Waals surface area contributed by atoms with Crippen molar-refractivity contribution in [2.75, 3.05) is 46.3 Å². The maximum absolute atomic E-state index is 12.4. The number of hydrogen-bond donors (Lipinski definition) is 2. The fraction of sp³-hybridized carbons (Fsp3) is 0.467. The zero-order valence-electron chi connectivity index (χ0n) is 12.3. The maximum atomic E-state index is 12.4. The molecular formula is C15H21N5O. The highest BCUT2D eigenvalue weighted by Crippen LogP contribution is 2.14. The summed E-state index contributed by atoms with van der Waals surface area (Å²) in [6.07, 6.45) is 1.76. The second kappa shape index (κ2) is 6.24. The number of nitrogens with one attached hydrogen (secondary N) is 2. The lowest BCUT2D eigenvalue weighted by atomic mass is 10.1. The van der Waals surface area contributed by atoms with Gasteiger partial charge in [0, 0.05) is 57.3 Å². The van der Waals surface area contributed by atoms with Crippen LogP contribution in [0.2, 0.25) is 0 Å². The van der Waals surface area contributed by atoms with Gasteiger partial charge in [-0.05, 0) is 12.1 Å². The average molecular weight is 287 g/mol. The predicted molar refractivity (Wildman–Crippen MR) is 82.4 cm³/mol. The second-order valence-electron chi connectivity index (χ2n) is 5.49. The first kappa shape index (κ1) is 14.0. The lowest BCUT2D eigenvalue weighted by Crippen LogP contribution is -2.46. The third-order valence-corrected chi connectivity index (χ3v) is 4.00. The number of likely N-dealkylation sites (N-methyl/N-ethyl adjacent to an activating group) is 1. The van der Waals surface area contributed by atoms with E-state index < -0.39 is 0 Å². The van der Waals surface area contributed by atoms with Crippen molar-refractivity contribution in [3.63, 3.8) is 0 Å². The lowest BCUT2D eigenvalue weighted by molar-refractivity contribution is 0.0775. The molecule has 1 amide bonds. The van der Waals surface area contributed by atoms with Gasteiger partial charge in [-0.3, -0.25) is 14.8 Å². The van der Waals surface area contributed by atoms with Crippen LogP contribution in [-0.4, -0.2) is 72.2 Å². The molecule has 112 valence electrons. The Bertz CT molecular complexity index is 617. The average Bonchev–Trinajstić information content (AvgIpc) is 3.00.